The van der Waals surface area contributed by atoms with Crippen LogP contribution in [-0.2, 0) is 0 Å². The van der Waals surface area contributed by atoms with E-state index < -0.39 is 6.10 Å². The van der Waals surface area contributed by atoms with Crippen LogP contribution in [0.1, 0.15) is 28.4 Å². The molecule has 80 valence electrons. The number of hydrogen-bond donors (Lipinski definition) is 1. The van der Waals surface area contributed by atoms with Gasteiger partial charge in [0.05, 0.1) is 0 Å². The highest BCUT2D eigenvalue weighted by molar-refractivity contribution is 6.32. The van der Waals surface area contributed by atoms with Crippen LogP contribution >= 0.6 is 0 Å². The van der Waals surface area contributed by atoms with Gasteiger partial charge in [-0.05, 0) is 22.8 Å². The molecule has 1 aliphatic rings. The van der Waals surface area contributed by atoms with E-state index >= 15 is 0 Å². The van der Waals surface area contributed by atoms with Crippen molar-refractivity contribution < 1.29 is 5.11 Å². The van der Waals surface area contributed by atoms with Crippen molar-refractivity contribution in [3.05, 3.63) is 58.9 Å². The average molecular weight is 219 g/mol. The van der Waals surface area contributed by atoms with E-state index in [1.165, 1.54) is 0 Å². The first-order chi connectivity index (χ1) is 8.25. The Morgan fingerprint density at radius 3 is 2.65 bits per heavy atom. The monoisotopic (exact) mass is 219 g/mol. The molecule has 2 aromatic rings. The van der Waals surface area contributed by atoms with Crippen LogP contribution in [0.3, 0.4) is 0 Å². The lowest BCUT2D eigenvalue weighted by molar-refractivity contribution is 0.220. The number of pyridine rings is 1. The van der Waals surface area contributed by atoms with Crippen molar-refractivity contribution in [2.45, 2.75) is 6.10 Å². The molecule has 3 rings (SSSR count). The zero-order chi connectivity index (χ0) is 11.8. The fraction of sp³-hybridized carbons (Fsp3) is 0.0714. The highest BCUT2D eigenvalue weighted by atomic mass is 16.3. The van der Waals surface area contributed by atoms with Gasteiger partial charge >= 0.3 is 0 Å². The molecule has 1 aromatic heterocycles. The maximum absolute atomic E-state index is 10.4. The van der Waals surface area contributed by atoms with Gasteiger partial charge in [-0.25, -0.2) is 0 Å². The normalized spacial score (nSPS) is 17.1. The molecular formula is C14H10BNO. The van der Waals surface area contributed by atoms with Crippen LogP contribution < -0.4 is 5.46 Å². The molecule has 2 radical (unpaired) electrons. The number of aliphatic hydroxyl groups is 1. The van der Waals surface area contributed by atoms with Crippen LogP contribution in [0.15, 0.2) is 36.7 Å². The summed E-state index contributed by atoms with van der Waals surface area (Å²) in [6.45, 7) is 0. The van der Waals surface area contributed by atoms with Crippen LogP contribution in [0.5, 0.6) is 0 Å². The third-order valence-electron chi connectivity index (χ3n) is 3.03. The molecule has 0 saturated carbocycles. The molecule has 1 aliphatic carbocycles. The van der Waals surface area contributed by atoms with Gasteiger partial charge in [0.2, 0.25) is 0 Å². The fourth-order valence-electron chi connectivity index (χ4n) is 2.13. The molecular weight excluding hydrogens is 209 g/mol. The highest BCUT2D eigenvalue weighted by Crippen LogP contribution is 2.31. The zero-order valence-electron chi connectivity index (χ0n) is 9.17. The van der Waals surface area contributed by atoms with Gasteiger partial charge in [-0.3, -0.25) is 4.98 Å². The summed E-state index contributed by atoms with van der Waals surface area (Å²) in [6, 6.07) is 7.46. The van der Waals surface area contributed by atoms with Gasteiger partial charge in [0, 0.05) is 18.0 Å². The molecule has 1 heterocycles. The maximum Gasteiger partial charge on any atom is 0.113 e. The van der Waals surface area contributed by atoms with Crippen molar-refractivity contribution in [2.75, 3.05) is 0 Å². The van der Waals surface area contributed by atoms with E-state index in [-0.39, 0.29) is 0 Å². The third kappa shape index (κ3) is 1.69. The molecule has 0 bridgehead atoms. The molecule has 1 N–H and O–H groups in total. The second kappa shape index (κ2) is 3.86. The van der Waals surface area contributed by atoms with Crippen molar-refractivity contribution in [3.8, 4) is 0 Å². The third-order valence-corrected chi connectivity index (χ3v) is 3.03. The Morgan fingerprint density at radius 1 is 1.06 bits per heavy atom. The number of aliphatic hydroxyl groups excluding tert-OH is 1. The molecule has 17 heavy (non-hydrogen) atoms. The Balaban J connectivity index is 2.25. The van der Waals surface area contributed by atoms with Gasteiger partial charge in [0.1, 0.15) is 14.0 Å². The molecule has 0 aliphatic heterocycles. The lowest BCUT2D eigenvalue weighted by Gasteiger charge is -2.14. The summed E-state index contributed by atoms with van der Waals surface area (Å²) < 4.78 is 0. The first-order valence-electron chi connectivity index (χ1n) is 5.45. The van der Waals surface area contributed by atoms with Crippen molar-refractivity contribution in [1.29, 1.82) is 0 Å². The van der Waals surface area contributed by atoms with E-state index in [2.05, 4.69) is 4.98 Å². The molecule has 1 aromatic carbocycles. The number of aromatic nitrogens is 1. The smallest absolute Gasteiger partial charge is 0.113 e. The Morgan fingerprint density at radius 2 is 1.82 bits per heavy atom. The fourth-order valence-corrected chi connectivity index (χ4v) is 2.13. The predicted molar refractivity (Wildman–Crippen MR) is 69.1 cm³/mol. The van der Waals surface area contributed by atoms with Gasteiger partial charge < -0.3 is 5.11 Å². The molecule has 0 spiro atoms. The lowest BCUT2D eigenvalue weighted by Crippen LogP contribution is -2.09. The van der Waals surface area contributed by atoms with Crippen LogP contribution in [0, 0.1) is 0 Å². The number of rotatable bonds is 0. The van der Waals surface area contributed by atoms with E-state index in [0.29, 0.717) is 5.46 Å². The van der Waals surface area contributed by atoms with Crippen LogP contribution in [0.2, 0.25) is 0 Å². The zero-order valence-corrected chi connectivity index (χ0v) is 9.17. The Kier molecular flexibility index (Phi) is 2.34. The number of nitrogens with zero attached hydrogens (tertiary/aromatic N) is 1. The molecule has 0 amide bonds. The molecule has 1 atom stereocenters. The average Bonchev–Trinajstić information content (AvgIpc) is 2.49. The summed E-state index contributed by atoms with van der Waals surface area (Å²) in [5.74, 6) is 0. The molecule has 1 unspecified atom stereocenters. The first-order valence-corrected chi connectivity index (χ1v) is 5.45. The topological polar surface area (TPSA) is 33.1 Å². The van der Waals surface area contributed by atoms with Crippen LogP contribution in [-0.4, -0.2) is 17.9 Å². The summed E-state index contributed by atoms with van der Waals surface area (Å²) in [5, 5.41) is 10.4. The molecule has 3 heteroatoms. The predicted octanol–water partition coefficient (Wildman–Crippen LogP) is 1.44. The molecule has 0 saturated heterocycles. The van der Waals surface area contributed by atoms with Crippen molar-refractivity contribution in [3.63, 3.8) is 0 Å². The largest absolute Gasteiger partial charge is 0.384 e. The van der Waals surface area contributed by atoms with Crippen LogP contribution in [0.4, 0.5) is 0 Å². The van der Waals surface area contributed by atoms with E-state index in [9.17, 15) is 5.11 Å². The summed E-state index contributed by atoms with van der Waals surface area (Å²) >= 11 is 0. The summed E-state index contributed by atoms with van der Waals surface area (Å²) in [7, 11) is 5.76. The number of fused-ring (bicyclic) bond motifs is 2. The van der Waals surface area contributed by atoms with Crippen molar-refractivity contribution >= 4 is 25.5 Å². The minimum atomic E-state index is -0.674. The second-order valence-corrected chi connectivity index (χ2v) is 4.13. The Hall–Kier alpha value is -1.87. The van der Waals surface area contributed by atoms with Crippen molar-refractivity contribution in [1.82, 2.24) is 4.98 Å². The summed E-state index contributed by atoms with van der Waals surface area (Å²) in [6.07, 6.45) is 6.72. The first kappa shape index (κ1) is 10.3. The van der Waals surface area contributed by atoms with Gasteiger partial charge in [0.15, 0.2) is 0 Å². The van der Waals surface area contributed by atoms with Gasteiger partial charge in [-0.1, -0.05) is 35.8 Å². The lowest BCUT2D eigenvalue weighted by atomic mass is 9.89. The van der Waals surface area contributed by atoms with E-state index in [1.807, 2.05) is 36.4 Å². The summed E-state index contributed by atoms with van der Waals surface area (Å²) in [4.78, 5) is 4.06. The highest BCUT2D eigenvalue weighted by Gasteiger charge is 2.18. The standard InChI is InChI=1S/C14H10BNO/c15-11-4-3-9-1-2-10-5-6-16-8-13(10)14(17)12(9)7-11/h1-8,14,17H. The Labute approximate surface area is 101 Å². The Bertz CT molecular complexity index is 607. The van der Waals surface area contributed by atoms with Gasteiger partial charge in [-0.15, -0.1) is 0 Å². The van der Waals surface area contributed by atoms with E-state index in [0.717, 1.165) is 22.3 Å². The molecule has 2 nitrogen and oxygen atoms in total. The van der Waals surface area contributed by atoms with Gasteiger partial charge in [0.25, 0.3) is 0 Å². The minimum Gasteiger partial charge on any atom is -0.384 e. The minimum absolute atomic E-state index is 0.656. The second-order valence-electron chi connectivity index (χ2n) is 4.13. The SMILES string of the molecule is [B]c1ccc2c(c1)C(O)c1cnccc1C=C2. The van der Waals surface area contributed by atoms with Crippen molar-refractivity contribution in [2.24, 2.45) is 0 Å². The van der Waals surface area contributed by atoms with E-state index in [4.69, 9.17) is 7.85 Å². The van der Waals surface area contributed by atoms with Gasteiger partial charge in [-0.2, -0.15) is 0 Å². The number of hydrogen-bond acceptors (Lipinski definition) is 2. The summed E-state index contributed by atoms with van der Waals surface area (Å²) in [5.41, 5.74) is 4.27. The maximum atomic E-state index is 10.4. The van der Waals surface area contributed by atoms with E-state index in [1.54, 1.807) is 12.4 Å². The van der Waals surface area contributed by atoms with Crippen LogP contribution in [0.25, 0.3) is 12.2 Å². The number of benzene rings is 1. The molecule has 0 fully saturated rings. The quantitative estimate of drug-likeness (QED) is 0.680.